The maximum Gasteiger partial charge on any atom is 0.252 e. The highest BCUT2D eigenvalue weighted by Gasteiger charge is 2.16. The van der Waals surface area contributed by atoms with E-state index >= 15 is 0 Å². The van der Waals surface area contributed by atoms with Crippen LogP contribution >= 0.6 is 0 Å². The van der Waals surface area contributed by atoms with Crippen LogP contribution in [-0.4, -0.2) is 17.7 Å². The summed E-state index contributed by atoms with van der Waals surface area (Å²) in [5, 5.41) is 3.87. The van der Waals surface area contributed by atoms with Crippen LogP contribution in [-0.2, 0) is 6.54 Å². The number of carbonyl (C=O) groups is 1. The summed E-state index contributed by atoms with van der Waals surface area (Å²) in [6, 6.07) is 21.9. The first-order valence-corrected chi connectivity index (χ1v) is 10.2. The number of ether oxygens (including phenoxy) is 2. The first kappa shape index (κ1) is 19.1. The molecule has 0 unspecified atom stereocenters. The highest BCUT2D eigenvalue weighted by molar-refractivity contribution is 6.09. The average Bonchev–Trinajstić information content (AvgIpc) is 3.25. The van der Waals surface area contributed by atoms with Crippen LogP contribution in [0.5, 0.6) is 11.5 Å². The van der Waals surface area contributed by atoms with E-state index in [1.807, 2.05) is 49.4 Å². The maximum atomic E-state index is 13.1. The Morgan fingerprint density at radius 2 is 1.77 bits per heavy atom. The third-order valence-corrected chi connectivity index (χ3v) is 5.46. The fourth-order valence-electron chi connectivity index (χ4n) is 3.86. The molecular weight excluding hydrogens is 388 g/mol. The molecule has 1 aliphatic heterocycles. The number of hydrogen-bond donors (Lipinski definition) is 1. The predicted octanol–water partition coefficient (Wildman–Crippen LogP) is 5.18. The number of fused-ring (bicyclic) bond motifs is 2. The lowest BCUT2D eigenvalue weighted by Gasteiger charge is -2.12. The number of aryl methyl sites for hydroxylation is 2. The van der Waals surface area contributed by atoms with Crippen LogP contribution in [0.15, 0.2) is 66.7 Å². The first-order chi connectivity index (χ1) is 15.1. The van der Waals surface area contributed by atoms with Crippen LogP contribution in [0.4, 0.5) is 0 Å². The number of nitrogens with one attached hydrogen (secondary N) is 1. The van der Waals surface area contributed by atoms with Gasteiger partial charge in [0.05, 0.1) is 11.1 Å². The Hall–Kier alpha value is -3.86. The molecule has 0 fully saturated rings. The zero-order valence-electron chi connectivity index (χ0n) is 17.4. The van der Waals surface area contributed by atoms with Gasteiger partial charge in [0.2, 0.25) is 6.79 Å². The Kier molecular flexibility index (Phi) is 4.79. The molecule has 1 aliphatic rings. The van der Waals surface area contributed by atoms with Crippen LogP contribution in [0.1, 0.15) is 27.2 Å². The van der Waals surface area contributed by atoms with Crippen LogP contribution in [0, 0.1) is 13.8 Å². The summed E-state index contributed by atoms with van der Waals surface area (Å²) in [6.45, 7) is 4.62. The molecule has 0 saturated heterocycles. The standard InChI is InChI=1S/C26H22N2O3/c1-16-6-9-19(10-7-16)20-4-3-5-21-22(12-17(2)28-25(20)21)26(29)27-14-18-8-11-23-24(13-18)31-15-30-23/h3-13H,14-15H2,1-2H3,(H,27,29). The summed E-state index contributed by atoms with van der Waals surface area (Å²) in [6.07, 6.45) is 0. The predicted molar refractivity (Wildman–Crippen MR) is 120 cm³/mol. The highest BCUT2D eigenvalue weighted by Crippen LogP contribution is 2.33. The molecule has 5 heteroatoms. The van der Waals surface area contributed by atoms with E-state index in [1.165, 1.54) is 5.56 Å². The largest absolute Gasteiger partial charge is 0.454 e. The van der Waals surface area contributed by atoms with Gasteiger partial charge in [-0.25, -0.2) is 0 Å². The molecule has 1 N–H and O–H groups in total. The summed E-state index contributed by atoms with van der Waals surface area (Å²) in [5.74, 6) is 1.31. The van der Waals surface area contributed by atoms with Crippen molar-refractivity contribution in [2.45, 2.75) is 20.4 Å². The van der Waals surface area contributed by atoms with Crippen molar-refractivity contribution in [2.75, 3.05) is 6.79 Å². The van der Waals surface area contributed by atoms with Gasteiger partial charge >= 0.3 is 0 Å². The van der Waals surface area contributed by atoms with Crippen LogP contribution in [0.3, 0.4) is 0 Å². The van der Waals surface area contributed by atoms with Crippen molar-refractivity contribution in [3.05, 3.63) is 89.1 Å². The number of para-hydroxylation sites is 1. The van der Waals surface area contributed by atoms with Crippen molar-refractivity contribution >= 4 is 16.8 Å². The summed E-state index contributed by atoms with van der Waals surface area (Å²) in [5.41, 5.74) is 6.52. The smallest absolute Gasteiger partial charge is 0.252 e. The Morgan fingerprint density at radius 3 is 2.61 bits per heavy atom. The molecule has 0 atom stereocenters. The SMILES string of the molecule is Cc1ccc(-c2cccc3c(C(=O)NCc4ccc5c(c4)OCO5)cc(C)nc23)cc1. The molecule has 1 aromatic heterocycles. The number of hydrogen-bond acceptors (Lipinski definition) is 4. The lowest BCUT2D eigenvalue weighted by atomic mass is 9.98. The van der Waals surface area contributed by atoms with Gasteiger partial charge in [-0.2, -0.15) is 0 Å². The lowest BCUT2D eigenvalue weighted by Crippen LogP contribution is -2.23. The third kappa shape index (κ3) is 3.70. The van der Waals surface area contributed by atoms with Gasteiger partial charge in [0.25, 0.3) is 5.91 Å². The molecule has 1 amide bonds. The normalized spacial score (nSPS) is 12.2. The molecule has 154 valence electrons. The second-order valence-electron chi connectivity index (χ2n) is 7.75. The van der Waals surface area contributed by atoms with E-state index in [4.69, 9.17) is 14.5 Å². The number of aromatic nitrogens is 1. The van der Waals surface area contributed by atoms with Gasteiger partial charge in [-0.15, -0.1) is 0 Å². The van der Waals surface area contributed by atoms with E-state index < -0.39 is 0 Å². The molecule has 3 aromatic carbocycles. The Balaban J connectivity index is 1.47. The number of amides is 1. The summed E-state index contributed by atoms with van der Waals surface area (Å²) in [7, 11) is 0. The van der Waals surface area contributed by atoms with Crippen molar-refractivity contribution < 1.29 is 14.3 Å². The number of rotatable bonds is 4. The summed E-state index contributed by atoms with van der Waals surface area (Å²) in [4.78, 5) is 17.9. The lowest BCUT2D eigenvalue weighted by molar-refractivity contribution is 0.0952. The monoisotopic (exact) mass is 410 g/mol. The second kappa shape index (κ2) is 7.76. The van der Waals surface area contributed by atoms with Crippen molar-refractivity contribution in [2.24, 2.45) is 0 Å². The van der Waals surface area contributed by atoms with Crippen molar-refractivity contribution in [1.29, 1.82) is 0 Å². The van der Waals surface area contributed by atoms with Crippen molar-refractivity contribution in [3.63, 3.8) is 0 Å². The number of carbonyl (C=O) groups excluding carboxylic acids is 1. The molecule has 0 aliphatic carbocycles. The van der Waals surface area contributed by atoms with Crippen molar-refractivity contribution in [1.82, 2.24) is 10.3 Å². The minimum Gasteiger partial charge on any atom is -0.454 e. The molecule has 5 nitrogen and oxygen atoms in total. The van der Waals surface area contributed by atoms with Gasteiger partial charge in [-0.1, -0.05) is 54.1 Å². The Bertz CT molecular complexity index is 1300. The summed E-state index contributed by atoms with van der Waals surface area (Å²) >= 11 is 0. The molecule has 5 rings (SSSR count). The van der Waals surface area contributed by atoms with Gasteiger partial charge < -0.3 is 14.8 Å². The van der Waals surface area contributed by atoms with Gasteiger partial charge in [-0.3, -0.25) is 9.78 Å². The summed E-state index contributed by atoms with van der Waals surface area (Å²) < 4.78 is 10.8. The highest BCUT2D eigenvalue weighted by atomic mass is 16.7. The zero-order chi connectivity index (χ0) is 21.4. The first-order valence-electron chi connectivity index (χ1n) is 10.2. The van der Waals surface area contributed by atoms with Gasteiger partial charge in [0.15, 0.2) is 11.5 Å². The fraction of sp³-hybridized carbons (Fsp3) is 0.154. The molecule has 0 radical (unpaired) electrons. The fourth-order valence-corrected chi connectivity index (χ4v) is 3.86. The van der Waals surface area contributed by atoms with E-state index in [0.717, 1.165) is 39.0 Å². The van der Waals surface area contributed by atoms with E-state index in [1.54, 1.807) is 0 Å². The van der Waals surface area contributed by atoms with E-state index in [9.17, 15) is 4.79 Å². The quantitative estimate of drug-likeness (QED) is 0.504. The average molecular weight is 410 g/mol. The van der Waals surface area contributed by atoms with E-state index in [0.29, 0.717) is 17.9 Å². The van der Waals surface area contributed by atoms with E-state index in [-0.39, 0.29) is 12.7 Å². The molecule has 0 spiro atoms. The van der Waals surface area contributed by atoms with Gasteiger partial charge in [0.1, 0.15) is 0 Å². The minimum atomic E-state index is -0.130. The van der Waals surface area contributed by atoms with Crippen LogP contribution < -0.4 is 14.8 Å². The number of nitrogens with zero attached hydrogens (tertiary/aromatic N) is 1. The third-order valence-electron chi connectivity index (χ3n) is 5.46. The van der Waals surface area contributed by atoms with Crippen molar-refractivity contribution in [3.8, 4) is 22.6 Å². The molecule has 0 saturated carbocycles. The Morgan fingerprint density at radius 1 is 0.968 bits per heavy atom. The van der Waals surface area contributed by atoms with Crippen LogP contribution in [0.25, 0.3) is 22.0 Å². The van der Waals surface area contributed by atoms with Crippen LogP contribution in [0.2, 0.25) is 0 Å². The van der Waals surface area contributed by atoms with E-state index in [2.05, 4.69) is 36.5 Å². The number of benzene rings is 3. The number of pyridine rings is 1. The molecule has 2 heterocycles. The second-order valence-corrected chi connectivity index (χ2v) is 7.75. The van der Waals surface area contributed by atoms with Gasteiger partial charge in [0, 0.05) is 23.2 Å². The molecule has 0 bridgehead atoms. The topological polar surface area (TPSA) is 60.5 Å². The molecule has 31 heavy (non-hydrogen) atoms. The molecular formula is C26H22N2O3. The molecule has 4 aromatic rings. The minimum absolute atomic E-state index is 0.130. The van der Waals surface area contributed by atoms with Gasteiger partial charge in [-0.05, 0) is 43.2 Å². The Labute approximate surface area is 180 Å². The maximum absolute atomic E-state index is 13.1. The zero-order valence-corrected chi connectivity index (χ0v) is 17.4.